The topological polar surface area (TPSA) is 29.3 Å². The van der Waals surface area contributed by atoms with E-state index in [1.54, 1.807) is 0 Å². The molecule has 0 aliphatic rings. The van der Waals surface area contributed by atoms with Crippen LogP contribution in [0, 0.1) is 6.92 Å². The normalized spacial score (nSPS) is 10.3. The molecular formula is C11H17ClN2. The lowest BCUT2D eigenvalue weighted by molar-refractivity contribution is 0.853. The van der Waals surface area contributed by atoms with Gasteiger partial charge in [0.25, 0.3) is 0 Å². The van der Waals surface area contributed by atoms with Gasteiger partial charge in [-0.25, -0.2) is 0 Å². The third-order valence-corrected chi connectivity index (χ3v) is 2.69. The largest absolute Gasteiger partial charge is 0.397 e. The number of nitrogen functional groups attached to an aromatic ring is 1. The summed E-state index contributed by atoms with van der Waals surface area (Å²) in [6, 6.07) is 3.85. The van der Waals surface area contributed by atoms with Gasteiger partial charge in [0, 0.05) is 18.6 Å². The van der Waals surface area contributed by atoms with Crippen LogP contribution in [0.3, 0.4) is 0 Å². The van der Waals surface area contributed by atoms with Crippen LogP contribution in [-0.4, -0.2) is 13.6 Å². The van der Waals surface area contributed by atoms with E-state index < -0.39 is 0 Å². The smallest absolute Gasteiger partial charge is 0.0601 e. The number of aryl methyl sites for hydroxylation is 1. The lowest BCUT2D eigenvalue weighted by Crippen LogP contribution is -2.19. The minimum atomic E-state index is 0.733. The standard InChI is InChI=1S/C11H17ClN2/c1-4-5-14(3)11-6-8(2)9(12)7-10(11)13/h6-7H,4-5,13H2,1-3H3. The van der Waals surface area contributed by atoms with Crippen LogP contribution in [0.4, 0.5) is 11.4 Å². The van der Waals surface area contributed by atoms with Crippen LogP contribution in [0.1, 0.15) is 18.9 Å². The van der Waals surface area contributed by atoms with Crippen LogP contribution < -0.4 is 10.6 Å². The molecule has 0 aliphatic carbocycles. The second kappa shape index (κ2) is 4.56. The molecule has 1 rings (SSSR count). The summed E-state index contributed by atoms with van der Waals surface area (Å²) in [5.41, 5.74) is 8.77. The highest BCUT2D eigenvalue weighted by Gasteiger charge is 2.07. The van der Waals surface area contributed by atoms with Gasteiger partial charge in [-0.05, 0) is 31.0 Å². The summed E-state index contributed by atoms with van der Waals surface area (Å²) < 4.78 is 0. The number of halogens is 1. The zero-order valence-electron chi connectivity index (χ0n) is 8.97. The monoisotopic (exact) mass is 212 g/mol. The molecule has 14 heavy (non-hydrogen) atoms. The molecule has 2 N–H and O–H groups in total. The Morgan fingerprint density at radius 1 is 1.43 bits per heavy atom. The summed E-state index contributed by atoms with van der Waals surface area (Å²) in [4.78, 5) is 2.15. The van der Waals surface area contributed by atoms with Crippen molar-refractivity contribution < 1.29 is 0 Å². The molecule has 0 bridgehead atoms. The van der Waals surface area contributed by atoms with Crippen LogP contribution in [0.15, 0.2) is 12.1 Å². The molecule has 0 saturated carbocycles. The van der Waals surface area contributed by atoms with E-state index in [0.29, 0.717) is 0 Å². The van der Waals surface area contributed by atoms with Gasteiger partial charge in [0.15, 0.2) is 0 Å². The summed E-state index contributed by atoms with van der Waals surface area (Å²) >= 11 is 5.97. The number of hydrogen-bond acceptors (Lipinski definition) is 2. The van der Waals surface area contributed by atoms with E-state index in [1.165, 1.54) is 0 Å². The van der Waals surface area contributed by atoms with Crippen molar-refractivity contribution in [3.8, 4) is 0 Å². The van der Waals surface area contributed by atoms with Gasteiger partial charge in [-0.3, -0.25) is 0 Å². The zero-order chi connectivity index (χ0) is 10.7. The van der Waals surface area contributed by atoms with Crippen molar-refractivity contribution in [3.05, 3.63) is 22.7 Å². The molecule has 2 nitrogen and oxygen atoms in total. The lowest BCUT2D eigenvalue weighted by Gasteiger charge is -2.21. The molecule has 0 aromatic heterocycles. The van der Waals surface area contributed by atoms with Crippen LogP contribution in [0.2, 0.25) is 5.02 Å². The van der Waals surface area contributed by atoms with E-state index in [0.717, 1.165) is 34.9 Å². The van der Waals surface area contributed by atoms with Crippen LogP contribution in [-0.2, 0) is 0 Å². The summed E-state index contributed by atoms with van der Waals surface area (Å²) in [5, 5.41) is 0.733. The Hall–Kier alpha value is -0.890. The zero-order valence-corrected chi connectivity index (χ0v) is 9.73. The average molecular weight is 213 g/mol. The van der Waals surface area contributed by atoms with Crippen LogP contribution >= 0.6 is 11.6 Å². The maximum atomic E-state index is 5.97. The summed E-state index contributed by atoms with van der Waals surface area (Å²) in [6.45, 7) is 5.14. The van der Waals surface area contributed by atoms with E-state index in [-0.39, 0.29) is 0 Å². The number of nitrogens with two attached hydrogens (primary N) is 1. The Kier molecular flexibility index (Phi) is 3.64. The van der Waals surface area contributed by atoms with Crippen molar-refractivity contribution >= 4 is 23.0 Å². The van der Waals surface area contributed by atoms with Crippen molar-refractivity contribution in [1.82, 2.24) is 0 Å². The van der Waals surface area contributed by atoms with E-state index >= 15 is 0 Å². The Balaban J connectivity index is 3.02. The second-order valence-electron chi connectivity index (χ2n) is 3.58. The van der Waals surface area contributed by atoms with Crippen molar-refractivity contribution in [2.75, 3.05) is 24.2 Å². The minimum Gasteiger partial charge on any atom is -0.397 e. The molecule has 0 spiro atoms. The predicted molar refractivity (Wildman–Crippen MR) is 64.2 cm³/mol. The highest BCUT2D eigenvalue weighted by atomic mass is 35.5. The van der Waals surface area contributed by atoms with E-state index in [2.05, 4.69) is 11.8 Å². The highest BCUT2D eigenvalue weighted by Crippen LogP contribution is 2.28. The summed E-state index contributed by atoms with van der Waals surface area (Å²) in [7, 11) is 2.04. The molecule has 0 unspecified atom stereocenters. The van der Waals surface area contributed by atoms with Crippen molar-refractivity contribution in [2.24, 2.45) is 0 Å². The Bertz CT molecular complexity index is 323. The third-order valence-electron chi connectivity index (χ3n) is 2.28. The minimum absolute atomic E-state index is 0.733. The number of anilines is 2. The number of benzene rings is 1. The molecule has 0 fully saturated rings. The maximum Gasteiger partial charge on any atom is 0.0601 e. The molecule has 0 saturated heterocycles. The SMILES string of the molecule is CCCN(C)c1cc(C)c(Cl)cc1N. The van der Waals surface area contributed by atoms with Crippen LogP contribution in [0.5, 0.6) is 0 Å². The Morgan fingerprint density at radius 3 is 2.64 bits per heavy atom. The first kappa shape index (κ1) is 11.2. The van der Waals surface area contributed by atoms with E-state index in [4.69, 9.17) is 17.3 Å². The predicted octanol–water partition coefficient (Wildman–Crippen LogP) is 3.08. The fourth-order valence-electron chi connectivity index (χ4n) is 1.47. The molecule has 3 heteroatoms. The van der Waals surface area contributed by atoms with Gasteiger partial charge >= 0.3 is 0 Å². The first-order valence-corrected chi connectivity index (χ1v) is 5.20. The fraction of sp³-hybridized carbons (Fsp3) is 0.455. The van der Waals surface area contributed by atoms with Crippen LogP contribution in [0.25, 0.3) is 0 Å². The first-order chi connectivity index (χ1) is 6.56. The van der Waals surface area contributed by atoms with Gasteiger partial charge in [-0.15, -0.1) is 0 Å². The van der Waals surface area contributed by atoms with Gasteiger partial charge in [0.2, 0.25) is 0 Å². The first-order valence-electron chi connectivity index (χ1n) is 4.83. The number of rotatable bonds is 3. The van der Waals surface area contributed by atoms with Gasteiger partial charge in [-0.2, -0.15) is 0 Å². The molecule has 0 radical (unpaired) electrons. The molecule has 78 valence electrons. The molecule has 1 aromatic rings. The Morgan fingerprint density at radius 2 is 2.07 bits per heavy atom. The van der Waals surface area contributed by atoms with Gasteiger partial charge in [0.05, 0.1) is 11.4 Å². The third kappa shape index (κ3) is 2.32. The fourth-order valence-corrected chi connectivity index (χ4v) is 1.64. The molecule has 0 amide bonds. The number of nitrogens with zero attached hydrogens (tertiary/aromatic N) is 1. The maximum absolute atomic E-state index is 5.97. The summed E-state index contributed by atoms with van der Waals surface area (Å²) in [6.07, 6.45) is 1.11. The molecule has 0 aliphatic heterocycles. The van der Waals surface area contributed by atoms with E-state index in [9.17, 15) is 0 Å². The van der Waals surface area contributed by atoms with Crippen molar-refractivity contribution in [3.63, 3.8) is 0 Å². The Labute approximate surface area is 90.7 Å². The highest BCUT2D eigenvalue weighted by molar-refractivity contribution is 6.31. The van der Waals surface area contributed by atoms with E-state index in [1.807, 2.05) is 26.1 Å². The van der Waals surface area contributed by atoms with Crippen molar-refractivity contribution in [2.45, 2.75) is 20.3 Å². The van der Waals surface area contributed by atoms with Gasteiger partial charge in [-0.1, -0.05) is 18.5 Å². The summed E-state index contributed by atoms with van der Waals surface area (Å²) in [5.74, 6) is 0. The average Bonchev–Trinajstić information content (AvgIpc) is 2.11. The van der Waals surface area contributed by atoms with Gasteiger partial charge in [0.1, 0.15) is 0 Å². The molecule has 0 heterocycles. The molecule has 1 aromatic carbocycles. The lowest BCUT2D eigenvalue weighted by atomic mass is 10.1. The second-order valence-corrected chi connectivity index (χ2v) is 3.99. The molecular weight excluding hydrogens is 196 g/mol. The molecule has 0 atom stereocenters. The van der Waals surface area contributed by atoms with Gasteiger partial charge < -0.3 is 10.6 Å². The number of hydrogen-bond donors (Lipinski definition) is 1. The quantitative estimate of drug-likeness (QED) is 0.781. The van der Waals surface area contributed by atoms with Crippen molar-refractivity contribution in [1.29, 1.82) is 0 Å².